The second-order valence-electron chi connectivity index (χ2n) is 3.28. The molecular weight excluding hydrogens is 177 g/mol. The van der Waals surface area contributed by atoms with Crippen LogP contribution in [0.2, 0.25) is 0 Å². The molecule has 1 fully saturated rings. The van der Waals surface area contributed by atoms with E-state index in [1.54, 1.807) is 0 Å². The van der Waals surface area contributed by atoms with Crippen LogP contribution in [0, 0.1) is 0 Å². The van der Waals surface area contributed by atoms with Gasteiger partial charge in [-0.2, -0.15) is 0 Å². The van der Waals surface area contributed by atoms with Gasteiger partial charge in [0.05, 0.1) is 5.75 Å². The van der Waals surface area contributed by atoms with E-state index in [0.29, 0.717) is 24.6 Å². The Balaban J connectivity index is 1.99. The molecule has 2 N–H and O–H groups in total. The Bertz CT molecular complexity index is 120. The highest BCUT2D eigenvalue weighted by atomic mass is 32.2. The summed E-state index contributed by atoms with van der Waals surface area (Å²) < 4.78 is 21.2. The van der Waals surface area contributed by atoms with Gasteiger partial charge in [-0.15, -0.1) is 0 Å². The quantitative estimate of drug-likeness (QED) is 0.655. The van der Waals surface area contributed by atoms with Gasteiger partial charge in [0, 0.05) is 12.6 Å². The predicted molar refractivity (Wildman–Crippen MR) is 50.2 cm³/mol. The third kappa shape index (κ3) is 3.74. The molecule has 4 heteroatoms. The fourth-order valence-corrected chi connectivity index (χ4v) is 1.84. The maximum Gasteiger partial charge on any atom is 0.124 e. The lowest BCUT2D eigenvalue weighted by atomic mass is 10.2. The molecule has 0 aliphatic heterocycles. The highest BCUT2D eigenvalue weighted by Gasteiger charge is 2.15. The molecular formula is C8H16FNOS. The number of hydrogen-bond acceptors (Lipinski definition) is 3. The number of rotatable bonds is 5. The largest absolute Gasteiger partial charge is 0.330 e. The smallest absolute Gasteiger partial charge is 0.124 e. The molecule has 0 spiro atoms. The monoisotopic (exact) mass is 193 g/mol. The summed E-state index contributed by atoms with van der Waals surface area (Å²) in [5.74, 6) is 0.180. The molecule has 1 aliphatic rings. The molecule has 1 unspecified atom stereocenters. The Kier molecular flexibility index (Phi) is 4.95. The standard InChI is InChI=1S/C8H16FNOS/c9-7(6-12-11)5-10-8-3-1-2-4-8/h7-8,10-11H,1-6H2. The lowest BCUT2D eigenvalue weighted by molar-refractivity contribution is 0.332. The van der Waals surface area contributed by atoms with Crippen LogP contribution in [0.3, 0.4) is 0 Å². The van der Waals surface area contributed by atoms with Gasteiger partial charge < -0.3 is 9.87 Å². The molecule has 2 nitrogen and oxygen atoms in total. The van der Waals surface area contributed by atoms with Crippen LogP contribution in [0.4, 0.5) is 4.39 Å². The van der Waals surface area contributed by atoms with Crippen molar-refractivity contribution < 1.29 is 8.94 Å². The van der Waals surface area contributed by atoms with E-state index in [1.165, 1.54) is 25.7 Å². The molecule has 0 bridgehead atoms. The van der Waals surface area contributed by atoms with E-state index in [9.17, 15) is 4.39 Å². The van der Waals surface area contributed by atoms with E-state index in [1.807, 2.05) is 0 Å². The average molecular weight is 193 g/mol. The van der Waals surface area contributed by atoms with E-state index in [0.717, 1.165) is 0 Å². The van der Waals surface area contributed by atoms with Crippen LogP contribution < -0.4 is 5.32 Å². The lowest BCUT2D eigenvalue weighted by Crippen LogP contribution is -2.33. The molecule has 1 rings (SSSR count). The van der Waals surface area contributed by atoms with Crippen molar-refractivity contribution in [2.75, 3.05) is 12.3 Å². The van der Waals surface area contributed by atoms with Gasteiger partial charge in [0.1, 0.15) is 6.17 Å². The molecule has 0 aromatic rings. The van der Waals surface area contributed by atoms with Crippen molar-refractivity contribution in [1.29, 1.82) is 0 Å². The highest BCUT2D eigenvalue weighted by Crippen LogP contribution is 2.17. The topological polar surface area (TPSA) is 32.3 Å². The van der Waals surface area contributed by atoms with E-state index in [-0.39, 0.29) is 5.75 Å². The maximum absolute atomic E-state index is 12.8. The Morgan fingerprint density at radius 2 is 2.17 bits per heavy atom. The maximum atomic E-state index is 12.8. The van der Waals surface area contributed by atoms with Gasteiger partial charge in [0.2, 0.25) is 0 Å². The van der Waals surface area contributed by atoms with Crippen LogP contribution >= 0.6 is 12.0 Å². The van der Waals surface area contributed by atoms with E-state index >= 15 is 0 Å². The number of hydrogen-bond donors (Lipinski definition) is 2. The Morgan fingerprint density at radius 3 is 2.75 bits per heavy atom. The minimum absolute atomic E-state index is 0.180. The van der Waals surface area contributed by atoms with Crippen molar-refractivity contribution in [1.82, 2.24) is 5.32 Å². The first-order chi connectivity index (χ1) is 5.83. The average Bonchev–Trinajstić information content (AvgIpc) is 2.53. The zero-order valence-corrected chi connectivity index (χ0v) is 7.95. The summed E-state index contributed by atoms with van der Waals surface area (Å²) in [5.41, 5.74) is 0. The molecule has 0 aromatic heterocycles. The molecule has 0 saturated heterocycles. The van der Waals surface area contributed by atoms with Crippen LogP contribution in [0.1, 0.15) is 25.7 Å². The van der Waals surface area contributed by atoms with E-state index < -0.39 is 6.17 Å². The zero-order chi connectivity index (χ0) is 8.81. The molecule has 1 atom stereocenters. The van der Waals surface area contributed by atoms with Gasteiger partial charge in [0.15, 0.2) is 0 Å². The summed E-state index contributed by atoms with van der Waals surface area (Å²) in [6.45, 7) is 0.387. The molecule has 1 aliphatic carbocycles. The molecule has 72 valence electrons. The van der Waals surface area contributed by atoms with Crippen LogP contribution in [0.25, 0.3) is 0 Å². The van der Waals surface area contributed by atoms with Crippen molar-refractivity contribution in [3.05, 3.63) is 0 Å². The minimum Gasteiger partial charge on any atom is -0.330 e. The Morgan fingerprint density at radius 1 is 1.50 bits per heavy atom. The second-order valence-corrected chi connectivity index (χ2v) is 3.87. The summed E-state index contributed by atoms with van der Waals surface area (Å²) in [7, 11) is 0. The van der Waals surface area contributed by atoms with Crippen LogP contribution in [0.15, 0.2) is 0 Å². The normalized spacial score (nSPS) is 21.5. The first kappa shape index (κ1) is 10.3. The fourth-order valence-electron chi connectivity index (χ4n) is 1.56. The Labute approximate surface area is 77.1 Å². The molecule has 0 aromatic carbocycles. The molecule has 0 radical (unpaired) electrons. The SMILES string of the molecule is OSCC(F)CNC1CCCC1. The van der Waals surface area contributed by atoms with Gasteiger partial charge in [-0.05, 0) is 24.9 Å². The van der Waals surface area contributed by atoms with Crippen molar-refractivity contribution in [2.45, 2.75) is 37.9 Å². The van der Waals surface area contributed by atoms with Crippen molar-refractivity contribution >= 4 is 12.0 Å². The van der Waals surface area contributed by atoms with Gasteiger partial charge >= 0.3 is 0 Å². The number of alkyl halides is 1. The zero-order valence-electron chi connectivity index (χ0n) is 7.13. The lowest BCUT2D eigenvalue weighted by Gasteiger charge is -2.13. The minimum atomic E-state index is -0.916. The summed E-state index contributed by atoms with van der Waals surface area (Å²) >= 11 is 0.577. The van der Waals surface area contributed by atoms with Crippen molar-refractivity contribution in [3.8, 4) is 0 Å². The first-order valence-corrected chi connectivity index (χ1v) is 5.41. The molecule has 1 saturated carbocycles. The van der Waals surface area contributed by atoms with Crippen LogP contribution in [0.5, 0.6) is 0 Å². The predicted octanol–water partition coefficient (Wildman–Crippen LogP) is 2.06. The van der Waals surface area contributed by atoms with Gasteiger partial charge in [-0.1, -0.05) is 12.8 Å². The molecule has 0 heterocycles. The van der Waals surface area contributed by atoms with E-state index in [2.05, 4.69) is 5.32 Å². The van der Waals surface area contributed by atoms with Gasteiger partial charge in [-0.25, -0.2) is 4.39 Å². The van der Waals surface area contributed by atoms with Crippen molar-refractivity contribution in [3.63, 3.8) is 0 Å². The number of nitrogens with one attached hydrogen (secondary N) is 1. The molecule has 12 heavy (non-hydrogen) atoms. The third-order valence-electron chi connectivity index (χ3n) is 2.24. The highest BCUT2D eigenvalue weighted by molar-refractivity contribution is 7.93. The number of halogens is 1. The summed E-state index contributed by atoms with van der Waals surface area (Å²) in [5, 5.41) is 3.17. The first-order valence-electron chi connectivity index (χ1n) is 4.46. The fraction of sp³-hybridized carbons (Fsp3) is 1.00. The molecule has 0 amide bonds. The van der Waals surface area contributed by atoms with Gasteiger partial charge in [0.25, 0.3) is 0 Å². The van der Waals surface area contributed by atoms with Gasteiger partial charge in [-0.3, -0.25) is 0 Å². The second kappa shape index (κ2) is 5.78. The summed E-state index contributed by atoms with van der Waals surface area (Å²) in [4.78, 5) is 0. The van der Waals surface area contributed by atoms with Crippen LogP contribution in [-0.2, 0) is 0 Å². The van der Waals surface area contributed by atoms with Crippen molar-refractivity contribution in [2.24, 2.45) is 0 Å². The third-order valence-corrected chi connectivity index (χ3v) is 2.75. The van der Waals surface area contributed by atoms with Crippen LogP contribution in [-0.4, -0.2) is 29.1 Å². The van der Waals surface area contributed by atoms with E-state index in [4.69, 9.17) is 4.55 Å². The Hall–Kier alpha value is 0.200. The summed E-state index contributed by atoms with van der Waals surface area (Å²) in [6.07, 6.45) is 3.98. The summed E-state index contributed by atoms with van der Waals surface area (Å²) in [6, 6.07) is 0.520.